The van der Waals surface area contributed by atoms with E-state index >= 15 is 0 Å². The molecule has 132 valence electrons. The van der Waals surface area contributed by atoms with E-state index < -0.39 is 12.1 Å². The van der Waals surface area contributed by atoms with Crippen LogP contribution in [0.4, 0.5) is 4.79 Å². The van der Waals surface area contributed by atoms with Gasteiger partial charge in [0, 0.05) is 12.6 Å². The Morgan fingerprint density at radius 2 is 1.78 bits per heavy atom. The molecule has 0 saturated carbocycles. The van der Waals surface area contributed by atoms with Crippen molar-refractivity contribution >= 4 is 17.9 Å². The zero-order valence-corrected chi connectivity index (χ0v) is 14.5. The number of nitrogens with one attached hydrogen (secondary N) is 3. The van der Waals surface area contributed by atoms with Crippen LogP contribution in [-0.2, 0) is 14.3 Å². The minimum absolute atomic E-state index is 0.0463. The van der Waals surface area contributed by atoms with Crippen molar-refractivity contribution in [2.45, 2.75) is 58.7 Å². The Morgan fingerprint density at radius 3 is 2.30 bits per heavy atom. The highest BCUT2D eigenvalue weighted by Gasteiger charge is 2.34. The number of hydrazine groups is 1. The highest BCUT2D eigenvalue weighted by molar-refractivity contribution is 5.87. The summed E-state index contributed by atoms with van der Waals surface area (Å²) in [6, 6.07) is -1.06. The maximum absolute atomic E-state index is 12.4. The SMILES string of the molecule is COC(=O)NC(C(=O)NN1CCCC1C(=O)NC(C)C)C(C)C. The first kappa shape index (κ1) is 19.2. The summed E-state index contributed by atoms with van der Waals surface area (Å²) in [7, 11) is 1.25. The summed E-state index contributed by atoms with van der Waals surface area (Å²) in [6.45, 7) is 8.04. The number of rotatable bonds is 6. The van der Waals surface area contributed by atoms with E-state index in [1.165, 1.54) is 7.11 Å². The van der Waals surface area contributed by atoms with Crippen molar-refractivity contribution in [2.24, 2.45) is 5.92 Å². The highest BCUT2D eigenvalue weighted by atomic mass is 16.5. The summed E-state index contributed by atoms with van der Waals surface area (Å²) in [5.41, 5.74) is 2.76. The standard InChI is InChI=1S/C15H28N4O4/c1-9(2)12(17-15(22)23-5)14(21)18-19-8-6-7-11(19)13(20)16-10(3)4/h9-12H,6-8H2,1-5H3,(H,16,20)(H,17,22)(H,18,21). The molecule has 1 fully saturated rings. The van der Waals surface area contributed by atoms with Gasteiger partial charge in [-0.15, -0.1) is 0 Å². The van der Waals surface area contributed by atoms with Gasteiger partial charge in [0.25, 0.3) is 5.91 Å². The van der Waals surface area contributed by atoms with Gasteiger partial charge >= 0.3 is 6.09 Å². The van der Waals surface area contributed by atoms with E-state index in [0.717, 1.165) is 6.42 Å². The van der Waals surface area contributed by atoms with Crippen LogP contribution >= 0.6 is 0 Å². The molecule has 0 spiro atoms. The molecule has 2 atom stereocenters. The third-order valence-electron chi connectivity index (χ3n) is 3.65. The number of carbonyl (C=O) groups is 3. The summed E-state index contributed by atoms with van der Waals surface area (Å²) in [5.74, 6) is -0.561. The van der Waals surface area contributed by atoms with Gasteiger partial charge in [0.15, 0.2) is 0 Å². The zero-order valence-electron chi connectivity index (χ0n) is 14.5. The van der Waals surface area contributed by atoms with E-state index in [9.17, 15) is 14.4 Å². The molecule has 1 aliphatic heterocycles. The molecule has 8 heteroatoms. The van der Waals surface area contributed by atoms with Gasteiger partial charge in [-0.25, -0.2) is 9.80 Å². The topological polar surface area (TPSA) is 99.8 Å². The van der Waals surface area contributed by atoms with Crippen molar-refractivity contribution in [1.82, 2.24) is 21.1 Å². The molecule has 0 aliphatic carbocycles. The number of hydrogen-bond donors (Lipinski definition) is 3. The second-order valence-corrected chi connectivity index (χ2v) is 6.35. The van der Waals surface area contributed by atoms with Crippen LogP contribution in [0, 0.1) is 5.92 Å². The van der Waals surface area contributed by atoms with Gasteiger partial charge in [-0.05, 0) is 32.6 Å². The summed E-state index contributed by atoms with van der Waals surface area (Å²) in [6.07, 6.45) is 0.859. The number of amides is 3. The van der Waals surface area contributed by atoms with E-state index in [-0.39, 0.29) is 29.8 Å². The Kier molecular flexibility index (Phi) is 7.28. The summed E-state index contributed by atoms with van der Waals surface area (Å²) in [4.78, 5) is 36.0. The van der Waals surface area contributed by atoms with Crippen LogP contribution in [0.2, 0.25) is 0 Å². The molecule has 8 nitrogen and oxygen atoms in total. The van der Waals surface area contributed by atoms with Crippen LogP contribution in [0.25, 0.3) is 0 Å². The average molecular weight is 328 g/mol. The average Bonchev–Trinajstić information content (AvgIpc) is 2.91. The molecule has 3 amide bonds. The predicted molar refractivity (Wildman–Crippen MR) is 85.3 cm³/mol. The van der Waals surface area contributed by atoms with E-state index in [4.69, 9.17) is 0 Å². The Hall–Kier alpha value is -1.83. The Bertz CT molecular complexity index is 439. The number of nitrogens with zero attached hydrogens (tertiary/aromatic N) is 1. The second kappa shape index (κ2) is 8.71. The van der Waals surface area contributed by atoms with Gasteiger partial charge in [-0.1, -0.05) is 13.8 Å². The lowest BCUT2D eigenvalue weighted by Crippen LogP contribution is -2.58. The van der Waals surface area contributed by atoms with Gasteiger partial charge in [0.2, 0.25) is 5.91 Å². The molecule has 1 heterocycles. The van der Waals surface area contributed by atoms with Crippen molar-refractivity contribution < 1.29 is 19.1 Å². The predicted octanol–water partition coefficient (Wildman–Crippen LogP) is 0.387. The molecule has 1 saturated heterocycles. The Balaban J connectivity index is 2.69. The van der Waals surface area contributed by atoms with E-state index in [1.807, 2.05) is 27.7 Å². The van der Waals surface area contributed by atoms with Crippen LogP contribution in [0.5, 0.6) is 0 Å². The molecular weight excluding hydrogens is 300 g/mol. The van der Waals surface area contributed by atoms with Gasteiger partial charge in [-0.2, -0.15) is 0 Å². The van der Waals surface area contributed by atoms with Crippen LogP contribution in [0.1, 0.15) is 40.5 Å². The molecule has 3 N–H and O–H groups in total. The van der Waals surface area contributed by atoms with Crippen molar-refractivity contribution in [3.05, 3.63) is 0 Å². The largest absolute Gasteiger partial charge is 0.453 e. The first-order valence-electron chi connectivity index (χ1n) is 7.98. The molecule has 2 unspecified atom stereocenters. The number of carbonyl (C=O) groups excluding carboxylic acids is 3. The smallest absolute Gasteiger partial charge is 0.407 e. The van der Waals surface area contributed by atoms with Crippen molar-refractivity contribution in [1.29, 1.82) is 0 Å². The molecule has 1 rings (SSSR count). The van der Waals surface area contributed by atoms with Gasteiger partial charge in [0.1, 0.15) is 12.1 Å². The lowest BCUT2D eigenvalue weighted by Gasteiger charge is -2.28. The van der Waals surface area contributed by atoms with Gasteiger partial charge < -0.3 is 15.4 Å². The fraction of sp³-hybridized carbons (Fsp3) is 0.800. The molecule has 0 aromatic rings. The van der Waals surface area contributed by atoms with Crippen molar-refractivity contribution in [2.75, 3.05) is 13.7 Å². The normalized spacial score (nSPS) is 19.5. The van der Waals surface area contributed by atoms with Crippen LogP contribution < -0.4 is 16.1 Å². The van der Waals surface area contributed by atoms with Crippen LogP contribution in [-0.4, -0.2) is 54.7 Å². The zero-order chi connectivity index (χ0) is 17.6. The minimum atomic E-state index is -0.725. The molecule has 0 aromatic heterocycles. The molecule has 1 aliphatic rings. The third-order valence-corrected chi connectivity index (χ3v) is 3.65. The molecular formula is C15H28N4O4. The summed E-state index contributed by atoms with van der Waals surface area (Å²) in [5, 5.41) is 7.02. The fourth-order valence-corrected chi connectivity index (χ4v) is 2.49. The maximum atomic E-state index is 12.4. The van der Waals surface area contributed by atoms with Crippen LogP contribution in [0.3, 0.4) is 0 Å². The summed E-state index contributed by atoms with van der Waals surface area (Å²) >= 11 is 0. The van der Waals surface area contributed by atoms with Crippen molar-refractivity contribution in [3.63, 3.8) is 0 Å². The Labute approximate surface area is 137 Å². The molecule has 0 aromatic carbocycles. The minimum Gasteiger partial charge on any atom is -0.453 e. The first-order chi connectivity index (χ1) is 10.8. The van der Waals surface area contributed by atoms with E-state index in [1.54, 1.807) is 5.01 Å². The number of methoxy groups -OCH3 is 1. The monoisotopic (exact) mass is 328 g/mol. The fourth-order valence-electron chi connectivity index (χ4n) is 2.49. The van der Waals surface area contributed by atoms with Crippen LogP contribution in [0.15, 0.2) is 0 Å². The first-order valence-corrected chi connectivity index (χ1v) is 7.98. The quantitative estimate of drug-likeness (QED) is 0.655. The maximum Gasteiger partial charge on any atom is 0.407 e. The molecule has 23 heavy (non-hydrogen) atoms. The lowest BCUT2D eigenvalue weighted by atomic mass is 10.0. The lowest BCUT2D eigenvalue weighted by molar-refractivity contribution is -0.133. The van der Waals surface area contributed by atoms with E-state index in [0.29, 0.717) is 13.0 Å². The Morgan fingerprint density at radius 1 is 1.13 bits per heavy atom. The number of ether oxygens (including phenoxy) is 1. The third kappa shape index (κ3) is 5.70. The van der Waals surface area contributed by atoms with Gasteiger partial charge in [0.05, 0.1) is 7.11 Å². The second-order valence-electron chi connectivity index (χ2n) is 6.35. The molecule has 0 radical (unpaired) electrons. The van der Waals surface area contributed by atoms with E-state index in [2.05, 4.69) is 20.8 Å². The number of hydrogen-bond acceptors (Lipinski definition) is 5. The van der Waals surface area contributed by atoms with Crippen molar-refractivity contribution in [3.8, 4) is 0 Å². The summed E-state index contributed by atoms with van der Waals surface area (Å²) < 4.78 is 4.55. The highest BCUT2D eigenvalue weighted by Crippen LogP contribution is 2.15. The number of alkyl carbamates (subject to hydrolysis) is 1. The van der Waals surface area contributed by atoms with Gasteiger partial charge in [-0.3, -0.25) is 15.0 Å². The molecule has 0 bridgehead atoms.